The molecule has 0 radical (unpaired) electrons. The number of hydrogen-bond donors (Lipinski definition) is 0. The molecule has 1 aromatic heterocycles. The molecular formula is C16H22ClN3O2S. The van der Waals surface area contributed by atoms with Gasteiger partial charge in [-0.25, -0.2) is 8.42 Å². The second-order valence-corrected chi connectivity index (χ2v) is 8.80. The van der Waals surface area contributed by atoms with E-state index in [1.165, 1.54) is 20.7 Å². The van der Waals surface area contributed by atoms with Crippen LogP contribution in [-0.4, -0.2) is 36.1 Å². The summed E-state index contributed by atoms with van der Waals surface area (Å²) in [4.78, 5) is 0. The summed E-state index contributed by atoms with van der Waals surface area (Å²) in [5.41, 5.74) is 1.93. The average molecular weight is 356 g/mol. The van der Waals surface area contributed by atoms with Crippen LogP contribution in [0.1, 0.15) is 25.0 Å². The van der Waals surface area contributed by atoms with Gasteiger partial charge in [0.25, 0.3) is 10.0 Å². The van der Waals surface area contributed by atoms with Crippen molar-refractivity contribution in [3.05, 3.63) is 46.6 Å². The van der Waals surface area contributed by atoms with Crippen LogP contribution in [0.15, 0.2) is 35.5 Å². The first-order valence-corrected chi connectivity index (χ1v) is 9.08. The van der Waals surface area contributed by atoms with Crippen molar-refractivity contribution in [3.8, 4) is 0 Å². The molecule has 1 aromatic carbocycles. The van der Waals surface area contributed by atoms with Crippen molar-refractivity contribution in [2.24, 2.45) is 7.05 Å². The summed E-state index contributed by atoms with van der Waals surface area (Å²) in [7, 11) is -0.573. The van der Waals surface area contributed by atoms with E-state index < -0.39 is 10.0 Å². The molecule has 0 aliphatic heterocycles. The van der Waals surface area contributed by atoms with Crippen LogP contribution >= 0.6 is 11.6 Å². The number of hydrogen-bond acceptors (Lipinski definition) is 3. The summed E-state index contributed by atoms with van der Waals surface area (Å²) in [6.07, 6.45) is 1.34. The second-order valence-electron chi connectivity index (χ2n) is 6.43. The number of aromatic nitrogens is 2. The minimum atomic E-state index is -3.70. The Kier molecular flexibility index (Phi) is 4.89. The van der Waals surface area contributed by atoms with Crippen molar-refractivity contribution in [1.29, 1.82) is 0 Å². The van der Waals surface area contributed by atoms with E-state index in [1.807, 2.05) is 45.0 Å². The van der Waals surface area contributed by atoms with Gasteiger partial charge in [-0.2, -0.15) is 9.40 Å². The molecule has 2 rings (SSSR count). The number of aryl methyl sites for hydroxylation is 2. The summed E-state index contributed by atoms with van der Waals surface area (Å²) in [6, 6.07) is 8.13. The summed E-state index contributed by atoms with van der Waals surface area (Å²) >= 11 is 5.99. The lowest BCUT2D eigenvalue weighted by molar-refractivity contribution is 0.369. The molecule has 5 nitrogen and oxygen atoms in total. The maximum Gasteiger partial charge on any atom is 0.261 e. The summed E-state index contributed by atoms with van der Waals surface area (Å²) in [6.45, 7) is 6.40. The van der Waals surface area contributed by atoms with E-state index in [1.54, 1.807) is 14.1 Å². The molecule has 0 N–H and O–H groups in total. The van der Waals surface area contributed by atoms with Crippen molar-refractivity contribution < 1.29 is 8.42 Å². The quantitative estimate of drug-likeness (QED) is 0.828. The van der Waals surface area contributed by atoms with E-state index in [-0.39, 0.29) is 15.5 Å². The largest absolute Gasteiger partial charge is 0.261 e. The molecule has 0 unspecified atom stereocenters. The number of nitrogens with zero attached hydrogens (tertiary/aromatic N) is 3. The molecule has 0 bridgehead atoms. The molecule has 2 aromatic rings. The third-order valence-electron chi connectivity index (χ3n) is 3.95. The number of likely N-dealkylation sites (N-methyl/N-ethyl adjacent to an activating group) is 1. The molecule has 0 spiro atoms. The lowest BCUT2D eigenvalue weighted by Gasteiger charge is -2.30. The van der Waals surface area contributed by atoms with E-state index >= 15 is 0 Å². The minimum absolute atomic E-state index is 0.0152. The fourth-order valence-electron chi connectivity index (χ4n) is 2.57. The number of rotatable bonds is 5. The van der Waals surface area contributed by atoms with E-state index in [0.717, 1.165) is 5.56 Å². The Morgan fingerprint density at radius 2 is 1.83 bits per heavy atom. The highest BCUT2D eigenvalue weighted by Gasteiger charge is 2.32. The minimum Gasteiger partial charge on any atom is -0.255 e. The average Bonchev–Trinajstić information content (AvgIpc) is 2.78. The monoisotopic (exact) mass is 355 g/mol. The van der Waals surface area contributed by atoms with Crippen molar-refractivity contribution >= 4 is 21.6 Å². The summed E-state index contributed by atoms with van der Waals surface area (Å²) in [5.74, 6) is 0. The molecule has 1 heterocycles. The second kappa shape index (κ2) is 6.26. The molecule has 0 saturated heterocycles. The first-order chi connectivity index (χ1) is 10.6. The van der Waals surface area contributed by atoms with Gasteiger partial charge >= 0.3 is 0 Å². The number of halogens is 1. The predicted octanol–water partition coefficient (Wildman–Crippen LogP) is 2.98. The van der Waals surface area contributed by atoms with Crippen molar-refractivity contribution in [3.63, 3.8) is 0 Å². The molecule has 0 atom stereocenters. The Hall–Kier alpha value is -1.37. The first kappa shape index (κ1) is 18.0. The molecule has 0 amide bonds. The van der Waals surface area contributed by atoms with Gasteiger partial charge in [-0.3, -0.25) is 4.68 Å². The highest BCUT2D eigenvalue weighted by atomic mass is 35.5. The molecule has 23 heavy (non-hydrogen) atoms. The fraction of sp³-hybridized carbons (Fsp3) is 0.438. The lowest BCUT2D eigenvalue weighted by atomic mass is 9.84. The third kappa shape index (κ3) is 3.59. The molecule has 0 aliphatic rings. The van der Waals surface area contributed by atoms with Crippen LogP contribution in [0.25, 0.3) is 0 Å². The predicted molar refractivity (Wildman–Crippen MR) is 92.2 cm³/mol. The van der Waals surface area contributed by atoms with Crippen LogP contribution in [0.2, 0.25) is 5.02 Å². The zero-order chi connectivity index (χ0) is 17.4. The Morgan fingerprint density at radius 3 is 2.30 bits per heavy atom. The maximum absolute atomic E-state index is 12.8. The van der Waals surface area contributed by atoms with Gasteiger partial charge in [0, 0.05) is 26.1 Å². The van der Waals surface area contributed by atoms with Crippen molar-refractivity contribution in [2.45, 2.75) is 31.2 Å². The lowest BCUT2D eigenvalue weighted by Crippen LogP contribution is -2.39. The molecule has 126 valence electrons. The summed E-state index contributed by atoms with van der Waals surface area (Å²) in [5, 5.41) is 4.06. The van der Waals surface area contributed by atoms with E-state index in [2.05, 4.69) is 5.10 Å². The highest BCUT2D eigenvalue weighted by molar-refractivity contribution is 7.89. The number of sulfonamides is 1. The first-order valence-electron chi connectivity index (χ1n) is 7.27. The van der Waals surface area contributed by atoms with Gasteiger partial charge in [-0.05, 0) is 12.5 Å². The Bertz CT molecular complexity index is 776. The van der Waals surface area contributed by atoms with Gasteiger partial charge in [0.15, 0.2) is 5.03 Å². The Labute approximate surface area is 142 Å². The standard InChI is InChI=1S/C16H22ClN3O2S/c1-12-6-8-13(9-7-12)16(2,3)11-19(4)23(21,22)15-14(17)10-18-20(15)5/h6-10H,11H2,1-5H3. The third-order valence-corrected chi connectivity index (χ3v) is 6.26. The van der Waals surface area contributed by atoms with Crippen LogP contribution in [0.3, 0.4) is 0 Å². The number of benzene rings is 1. The molecule has 0 saturated carbocycles. The van der Waals surface area contributed by atoms with Crippen LogP contribution in [-0.2, 0) is 22.5 Å². The van der Waals surface area contributed by atoms with Gasteiger partial charge in [0.1, 0.15) is 0 Å². The maximum atomic E-state index is 12.8. The topological polar surface area (TPSA) is 55.2 Å². The van der Waals surface area contributed by atoms with E-state index in [9.17, 15) is 8.42 Å². The molecule has 0 aliphatic carbocycles. The van der Waals surface area contributed by atoms with E-state index in [4.69, 9.17) is 11.6 Å². The molecule has 0 fully saturated rings. The zero-order valence-electron chi connectivity index (χ0n) is 14.0. The van der Waals surface area contributed by atoms with Gasteiger partial charge in [-0.15, -0.1) is 0 Å². The van der Waals surface area contributed by atoms with E-state index in [0.29, 0.717) is 6.54 Å². The van der Waals surface area contributed by atoms with Gasteiger partial charge in [0.2, 0.25) is 0 Å². The van der Waals surface area contributed by atoms with Crippen LogP contribution in [0.5, 0.6) is 0 Å². The van der Waals surface area contributed by atoms with Crippen LogP contribution < -0.4 is 0 Å². The fourth-order valence-corrected chi connectivity index (χ4v) is 4.50. The smallest absolute Gasteiger partial charge is 0.255 e. The van der Waals surface area contributed by atoms with Crippen molar-refractivity contribution in [2.75, 3.05) is 13.6 Å². The molecular weight excluding hydrogens is 334 g/mol. The SMILES string of the molecule is Cc1ccc(C(C)(C)CN(C)S(=O)(=O)c2c(Cl)cnn2C)cc1. The van der Waals surface area contributed by atoms with Gasteiger partial charge in [0.05, 0.1) is 11.2 Å². The highest BCUT2D eigenvalue weighted by Crippen LogP contribution is 2.28. The molecule has 7 heteroatoms. The van der Waals surface area contributed by atoms with Crippen LogP contribution in [0.4, 0.5) is 0 Å². The van der Waals surface area contributed by atoms with Crippen LogP contribution in [0, 0.1) is 6.92 Å². The Balaban J connectivity index is 2.30. The Morgan fingerprint density at radius 1 is 1.26 bits per heavy atom. The van der Waals surface area contributed by atoms with Gasteiger partial charge in [-0.1, -0.05) is 55.3 Å². The zero-order valence-corrected chi connectivity index (χ0v) is 15.6. The summed E-state index contributed by atoms with van der Waals surface area (Å²) < 4.78 is 28.2. The normalized spacial score (nSPS) is 12.8. The van der Waals surface area contributed by atoms with Crippen molar-refractivity contribution in [1.82, 2.24) is 14.1 Å². The van der Waals surface area contributed by atoms with Gasteiger partial charge < -0.3 is 0 Å².